The second-order valence-corrected chi connectivity index (χ2v) is 9.69. The molecule has 0 bridgehead atoms. The maximum absolute atomic E-state index is 13.3. The van der Waals surface area contributed by atoms with Crippen molar-refractivity contribution in [1.82, 2.24) is 15.2 Å². The average Bonchev–Trinajstić information content (AvgIpc) is 3.22. The molecule has 2 aliphatic rings. The maximum Gasteiger partial charge on any atom is 0.586 e. The fourth-order valence-electron chi connectivity index (χ4n) is 4.20. The van der Waals surface area contributed by atoms with Crippen molar-refractivity contribution in [2.75, 3.05) is 12.1 Å². The number of carboxylic acids is 1. The van der Waals surface area contributed by atoms with Gasteiger partial charge in [0.15, 0.2) is 17.5 Å². The zero-order valence-corrected chi connectivity index (χ0v) is 22.5. The highest BCUT2D eigenvalue weighted by Gasteiger charge is 2.55. The number of esters is 1. The highest BCUT2D eigenvalue weighted by molar-refractivity contribution is 6.07. The van der Waals surface area contributed by atoms with Crippen molar-refractivity contribution in [3.63, 3.8) is 0 Å². The number of aromatic nitrogens is 1. The number of carbonyl (C=O) groups is 5. The Kier molecular flexibility index (Phi) is 8.44. The number of hydrogen-bond acceptors (Lipinski definition) is 10. The van der Waals surface area contributed by atoms with Gasteiger partial charge in [-0.1, -0.05) is 19.9 Å². The van der Waals surface area contributed by atoms with Crippen LogP contribution >= 0.6 is 0 Å². The van der Waals surface area contributed by atoms with Crippen molar-refractivity contribution in [3.8, 4) is 11.5 Å². The first kappa shape index (κ1) is 30.0. The molecule has 3 heterocycles. The molecule has 3 N–H and O–H groups in total. The number of benzene rings is 1. The van der Waals surface area contributed by atoms with Crippen LogP contribution in [0.2, 0.25) is 0 Å². The second-order valence-electron chi connectivity index (χ2n) is 9.69. The summed E-state index contributed by atoms with van der Waals surface area (Å²) in [6.07, 6.45) is -3.56. The molecule has 0 radical (unpaired) electrons. The zero-order valence-electron chi connectivity index (χ0n) is 22.5. The van der Waals surface area contributed by atoms with E-state index >= 15 is 0 Å². The van der Waals surface area contributed by atoms with E-state index in [1.165, 1.54) is 43.5 Å². The normalized spacial score (nSPS) is 19.0. The Morgan fingerprint density at radius 1 is 1.10 bits per heavy atom. The number of alkyl halides is 2. The summed E-state index contributed by atoms with van der Waals surface area (Å²) in [4.78, 5) is 65.7. The number of likely N-dealkylation sites (tertiary alicyclic amines) is 1. The Morgan fingerprint density at radius 3 is 2.50 bits per heavy atom. The zero-order chi connectivity index (χ0) is 30.8. The first-order valence-corrected chi connectivity index (χ1v) is 12.6. The second kappa shape index (κ2) is 11.8. The summed E-state index contributed by atoms with van der Waals surface area (Å²) in [6.45, 7) is 4.12. The van der Waals surface area contributed by atoms with Crippen LogP contribution in [0, 0.1) is 11.8 Å². The summed E-state index contributed by atoms with van der Waals surface area (Å²) >= 11 is 0. The minimum atomic E-state index is -3.82. The van der Waals surface area contributed by atoms with Gasteiger partial charge in [0.1, 0.15) is 5.82 Å². The summed E-state index contributed by atoms with van der Waals surface area (Å²) in [5.74, 6) is -4.64. The molecule has 1 aromatic heterocycles. The van der Waals surface area contributed by atoms with Crippen LogP contribution in [-0.2, 0) is 30.3 Å². The van der Waals surface area contributed by atoms with Crippen LogP contribution in [-0.4, -0.2) is 64.1 Å². The number of β-lactam (4-membered cyclic amide) rings is 1. The van der Waals surface area contributed by atoms with Crippen LogP contribution in [0.25, 0.3) is 0 Å². The topological polar surface area (TPSA) is 183 Å². The van der Waals surface area contributed by atoms with Gasteiger partial charge in [-0.05, 0) is 48.7 Å². The number of amides is 4. The number of hydrogen-bond donors (Lipinski definition) is 3. The Hall–Kier alpha value is -5.02. The Balaban J connectivity index is 1.35. The van der Waals surface area contributed by atoms with Gasteiger partial charge in [-0.25, -0.2) is 24.3 Å². The van der Waals surface area contributed by atoms with E-state index in [9.17, 15) is 37.9 Å². The molecule has 0 aliphatic carbocycles. The number of nitrogens with zero attached hydrogens (tertiary/aromatic N) is 2. The van der Waals surface area contributed by atoms with Gasteiger partial charge in [0.25, 0.3) is 0 Å². The maximum atomic E-state index is 13.3. The fraction of sp³-hybridized carbons (Fsp3) is 0.385. The molecule has 4 amide bonds. The molecule has 2 aromatic rings. The van der Waals surface area contributed by atoms with Gasteiger partial charge in [-0.3, -0.25) is 14.9 Å². The number of ether oxygens (including phenoxy) is 4. The lowest BCUT2D eigenvalue weighted by Gasteiger charge is -2.43. The number of nitrogens with one attached hydrogen (secondary N) is 2. The average molecular weight is 593 g/mol. The third-order valence-electron chi connectivity index (χ3n) is 6.32. The molecule has 224 valence electrons. The van der Waals surface area contributed by atoms with Gasteiger partial charge in [0.05, 0.1) is 17.9 Å². The predicted octanol–water partition coefficient (Wildman–Crippen LogP) is 3.03. The standard InChI is InChI=1S/C26H26F2N4O10/c1-12(2)23(36)39-11-40-25(38)31-19-9-14(6-7-29-19)8-16-20(22(34)35)32(21(16)33)24(37)30-13(3)15-4-5-17-18(10-15)42-26(27,28)41-17/h4-7,9-10,12-13,16,20H,8,11H2,1-3H3,(H,30,37)(H,34,35)(H,29,31,38)/t13?,16-,20+/m1/s1. The van der Waals surface area contributed by atoms with E-state index in [4.69, 9.17) is 9.47 Å². The number of pyridine rings is 1. The van der Waals surface area contributed by atoms with Crippen LogP contribution in [0.1, 0.15) is 37.9 Å². The summed E-state index contributed by atoms with van der Waals surface area (Å²) in [5, 5.41) is 14.6. The van der Waals surface area contributed by atoms with Crippen molar-refractivity contribution in [3.05, 3.63) is 47.7 Å². The summed E-state index contributed by atoms with van der Waals surface area (Å²) in [6, 6.07) is 3.47. The Morgan fingerprint density at radius 2 is 1.81 bits per heavy atom. The molecule has 1 aromatic carbocycles. The number of aliphatic carboxylic acids is 1. The lowest BCUT2D eigenvalue weighted by Crippen LogP contribution is -2.68. The van der Waals surface area contributed by atoms with Gasteiger partial charge in [0, 0.05) is 6.20 Å². The van der Waals surface area contributed by atoms with Gasteiger partial charge in [0.2, 0.25) is 12.7 Å². The molecular formula is C26H26F2N4O10. The van der Waals surface area contributed by atoms with Crippen molar-refractivity contribution in [2.24, 2.45) is 11.8 Å². The third-order valence-corrected chi connectivity index (χ3v) is 6.32. The van der Waals surface area contributed by atoms with E-state index in [2.05, 4.69) is 25.1 Å². The van der Waals surface area contributed by atoms with Gasteiger partial charge < -0.3 is 29.4 Å². The highest BCUT2D eigenvalue weighted by atomic mass is 19.3. The molecule has 16 heteroatoms. The van der Waals surface area contributed by atoms with Gasteiger partial charge in [-0.15, -0.1) is 8.78 Å². The number of urea groups is 1. The Labute approximate surface area is 236 Å². The lowest BCUT2D eigenvalue weighted by molar-refractivity contribution is -0.286. The van der Waals surface area contributed by atoms with E-state index in [1.807, 2.05) is 0 Å². The summed E-state index contributed by atoms with van der Waals surface area (Å²) in [7, 11) is 0. The minimum Gasteiger partial charge on any atom is -0.480 e. The molecule has 1 fully saturated rings. The van der Waals surface area contributed by atoms with E-state index in [1.54, 1.807) is 13.8 Å². The van der Waals surface area contributed by atoms with Crippen LogP contribution in [0.4, 0.5) is 24.2 Å². The Bertz CT molecular complexity index is 1420. The molecular weight excluding hydrogens is 566 g/mol. The van der Waals surface area contributed by atoms with E-state index in [-0.39, 0.29) is 23.7 Å². The summed E-state index contributed by atoms with van der Waals surface area (Å²) < 4.78 is 44.9. The van der Waals surface area contributed by atoms with Crippen molar-refractivity contribution < 1.29 is 56.8 Å². The molecule has 4 rings (SSSR count). The molecule has 2 aliphatic heterocycles. The smallest absolute Gasteiger partial charge is 0.480 e. The van der Waals surface area contributed by atoms with Crippen molar-refractivity contribution in [2.45, 2.75) is 45.6 Å². The molecule has 0 spiro atoms. The highest BCUT2D eigenvalue weighted by Crippen LogP contribution is 2.42. The quantitative estimate of drug-likeness (QED) is 0.221. The first-order chi connectivity index (χ1) is 19.8. The van der Waals surface area contributed by atoms with Gasteiger partial charge >= 0.3 is 30.4 Å². The van der Waals surface area contributed by atoms with Gasteiger partial charge in [-0.2, -0.15) is 0 Å². The van der Waals surface area contributed by atoms with E-state index < -0.39 is 67.0 Å². The largest absolute Gasteiger partial charge is 0.586 e. The van der Waals surface area contributed by atoms with E-state index in [0.29, 0.717) is 16.0 Å². The van der Waals surface area contributed by atoms with Crippen LogP contribution in [0.15, 0.2) is 36.5 Å². The van der Waals surface area contributed by atoms with Crippen molar-refractivity contribution >= 4 is 35.8 Å². The number of carboxylic acid groups (broad SMARTS) is 1. The monoisotopic (exact) mass is 592 g/mol. The number of halogens is 2. The van der Waals surface area contributed by atoms with Crippen LogP contribution in [0.3, 0.4) is 0 Å². The number of carbonyl (C=O) groups excluding carboxylic acids is 4. The number of imide groups is 1. The lowest BCUT2D eigenvalue weighted by atomic mass is 9.82. The van der Waals surface area contributed by atoms with Crippen LogP contribution < -0.4 is 20.1 Å². The number of rotatable bonds is 9. The number of anilines is 1. The fourth-order valence-corrected chi connectivity index (χ4v) is 4.20. The summed E-state index contributed by atoms with van der Waals surface area (Å²) in [5.41, 5.74) is 0.773. The number of fused-ring (bicyclic) bond motifs is 1. The molecule has 1 unspecified atom stereocenters. The van der Waals surface area contributed by atoms with Crippen LogP contribution in [0.5, 0.6) is 11.5 Å². The molecule has 14 nitrogen and oxygen atoms in total. The predicted molar refractivity (Wildman–Crippen MR) is 135 cm³/mol. The SMILES string of the molecule is CC(C)C(=O)OCOC(=O)Nc1cc(C[C@H]2C(=O)N(C(=O)NC(C)c3ccc4c(c3)OC(F)(F)O4)[C@@H]2C(=O)O)ccn1. The molecule has 1 saturated heterocycles. The molecule has 3 atom stereocenters. The third kappa shape index (κ3) is 6.64. The van der Waals surface area contributed by atoms with E-state index in [0.717, 1.165) is 0 Å². The molecule has 0 saturated carbocycles. The minimum absolute atomic E-state index is 0.0243. The van der Waals surface area contributed by atoms with Crippen molar-refractivity contribution in [1.29, 1.82) is 0 Å². The molecule has 42 heavy (non-hydrogen) atoms. The first-order valence-electron chi connectivity index (χ1n) is 12.6.